The van der Waals surface area contributed by atoms with Crippen LogP contribution in [0.5, 0.6) is 0 Å². The van der Waals surface area contributed by atoms with Crippen LogP contribution in [0.4, 0.5) is 0 Å². The van der Waals surface area contributed by atoms with Gasteiger partial charge in [0.15, 0.2) is 5.78 Å². The minimum Gasteiger partial charge on any atom is -0.469 e. The molecule has 0 saturated heterocycles. The highest BCUT2D eigenvalue weighted by atomic mass is 32.2. The number of carbonyl (C=O) groups excluding carboxylic acids is 2. The predicted molar refractivity (Wildman–Crippen MR) is 113 cm³/mol. The number of ketones is 1. The van der Waals surface area contributed by atoms with Crippen LogP contribution in [0.25, 0.3) is 0 Å². The number of thioether (sulfide) groups is 1. The number of carbonyl (C=O) groups is 2. The van der Waals surface area contributed by atoms with E-state index in [2.05, 4.69) is 11.7 Å². The molecule has 1 N–H and O–H groups in total. The van der Waals surface area contributed by atoms with E-state index in [1.165, 1.54) is 18.9 Å². The van der Waals surface area contributed by atoms with Gasteiger partial charge >= 0.3 is 5.97 Å². The summed E-state index contributed by atoms with van der Waals surface area (Å²) in [5.74, 6) is -0.112. The summed E-state index contributed by atoms with van der Waals surface area (Å²) in [6.07, 6.45) is 17.3. The monoisotopic (exact) mass is 394 g/mol. The van der Waals surface area contributed by atoms with Gasteiger partial charge in [0.25, 0.3) is 0 Å². The van der Waals surface area contributed by atoms with Gasteiger partial charge in [-0.3, -0.25) is 9.59 Å². The number of methoxy groups -OCH3 is 1. The first-order chi connectivity index (χ1) is 13.0. The lowest BCUT2D eigenvalue weighted by atomic mass is 9.98. The van der Waals surface area contributed by atoms with Crippen molar-refractivity contribution >= 4 is 23.5 Å². The second kappa shape index (κ2) is 13.8. The zero-order valence-corrected chi connectivity index (χ0v) is 17.7. The molecule has 0 aromatic heterocycles. The molecule has 2 unspecified atom stereocenters. The van der Waals surface area contributed by atoms with Gasteiger partial charge in [0.1, 0.15) is 0 Å². The summed E-state index contributed by atoms with van der Waals surface area (Å²) in [5.41, 5.74) is 0.810. The number of esters is 1. The Morgan fingerprint density at radius 2 is 2.07 bits per heavy atom. The average molecular weight is 395 g/mol. The van der Waals surface area contributed by atoms with Crippen molar-refractivity contribution in [2.45, 2.75) is 70.8 Å². The van der Waals surface area contributed by atoms with Crippen molar-refractivity contribution in [1.29, 1.82) is 0 Å². The Morgan fingerprint density at radius 1 is 1.30 bits per heavy atom. The molecule has 1 rings (SSSR count). The summed E-state index contributed by atoms with van der Waals surface area (Å²) in [6.45, 7) is 2.15. The molecule has 0 aromatic carbocycles. The Labute approximate surface area is 168 Å². The number of unbranched alkanes of at least 4 members (excludes halogenated alkanes) is 5. The van der Waals surface area contributed by atoms with Crippen molar-refractivity contribution in [3.63, 3.8) is 0 Å². The maximum atomic E-state index is 12.5. The molecule has 0 radical (unpaired) electrons. The maximum absolute atomic E-state index is 12.5. The summed E-state index contributed by atoms with van der Waals surface area (Å²) >= 11 is 1.48. The standard InChI is InChI=1S/C22H34O4S/c1-4-5-8-11-18(23)15-14-17-16-20(27-3)22(25)19(17)12-9-6-7-10-13-21(24)26-2/h12,14-18,23H,4-11,13H2,1-3H3/b15-14+,19-12-. The van der Waals surface area contributed by atoms with Crippen LogP contribution in [0.3, 0.4) is 0 Å². The quantitative estimate of drug-likeness (QED) is 0.207. The van der Waals surface area contributed by atoms with Crippen molar-refractivity contribution in [1.82, 2.24) is 0 Å². The van der Waals surface area contributed by atoms with E-state index in [1.54, 1.807) is 0 Å². The van der Waals surface area contributed by atoms with Crippen molar-refractivity contribution in [2.24, 2.45) is 5.92 Å². The van der Waals surface area contributed by atoms with Crippen molar-refractivity contribution < 1.29 is 19.4 Å². The number of allylic oxidation sites excluding steroid dienone is 5. The lowest BCUT2D eigenvalue weighted by molar-refractivity contribution is -0.140. The Bertz CT molecular complexity index is 563. The molecular weight excluding hydrogens is 360 g/mol. The van der Waals surface area contributed by atoms with Gasteiger partial charge in [-0.1, -0.05) is 56.9 Å². The summed E-state index contributed by atoms with van der Waals surface area (Å²) in [6, 6.07) is 0. The van der Waals surface area contributed by atoms with E-state index < -0.39 is 6.10 Å². The molecule has 4 nitrogen and oxygen atoms in total. The lowest BCUT2D eigenvalue weighted by Gasteiger charge is -2.08. The average Bonchev–Trinajstić information content (AvgIpc) is 2.97. The van der Waals surface area contributed by atoms with E-state index in [9.17, 15) is 14.7 Å². The fourth-order valence-electron chi connectivity index (χ4n) is 3.07. The van der Waals surface area contributed by atoms with Crippen molar-refractivity contribution in [3.8, 4) is 0 Å². The first-order valence-electron chi connectivity index (χ1n) is 9.97. The predicted octanol–water partition coefficient (Wildman–Crippen LogP) is 4.98. The summed E-state index contributed by atoms with van der Waals surface area (Å²) in [7, 11) is 1.41. The number of aliphatic hydroxyl groups is 1. The number of ether oxygens (including phenoxy) is 1. The van der Waals surface area contributed by atoms with E-state index >= 15 is 0 Å². The lowest BCUT2D eigenvalue weighted by Crippen LogP contribution is -2.05. The molecule has 152 valence electrons. The van der Waals surface area contributed by atoms with E-state index in [4.69, 9.17) is 0 Å². The number of rotatable bonds is 13. The Kier molecular flexibility index (Phi) is 12.1. The molecule has 0 bridgehead atoms. The fourth-order valence-corrected chi connectivity index (χ4v) is 3.65. The maximum Gasteiger partial charge on any atom is 0.305 e. The second-order valence-corrected chi connectivity index (χ2v) is 7.72. The molecular formula is C22H34O4S. The van der Waals surface area contributed by atoms with Crippen LogP contribution in [0.15, 0.2) is 34.8 Å². The van der Waals surface area contributed by atoms with Crippen LogP contribution >= 0.6 is 11.8 Å². The minimum absolute atomic E-state index is 0.0455. The number of aliphatic hydroxyl groups excluding tert-OH is 1. The molecule has 5 heteroatoms. The first kappa shape index (κ1) is 23.7. The van der Waals surface area contributed by atoms with Crippen LogP contribution in [0, 0.1) is 5.92 Å². The Hall–Kier alpha value is -1.33. The fraction of sp³-hybridized carbons (Fsp3) is 0.636. The number of hydrogen-bond acceptors (Lipinski definition) is 5. The van der Waals surface area contributed by atoms with Crippen LogP contribution in [-0.2, 0) is 14.3 Å². The summed E-state index contributed by atoms with van der Waals surface area (Å²) in [5, 5.41) is 10.1. The molecule has 0 saturated carbocycles. The van der Waals surface area contributed by atoms with Gasteiger partial charge in [0, 0.05) is 17.9 Å². The first-order valence-corrected chi connectivity index (χ1v) is 11.2. The van der Waals surface area contributed by atoms with Gasteiger partial charge in [0.05, 0.1) is 18.1 Å². The van der Waals surface area contributed by atoms with Gasteiger partial charge in [-0.15, -0.1) is 11.8 Å². The Balaban J connectivity index is 2.56. The Morgan fingerprint density at radius 3 is 2.74 bits per heavy atom. The third kappa shape index (κ3) is 8.93. The number of hydrogen-bond donors (Lipinski definition) is 1. The summed E-state index contributed by atoms with van der Waals surface area (Å²) < 4.78 is 4.63. The van der Waals surface area contributed by atoms with Gasteiger partial charge < -0.3 is 9.84 Å². The minimum atomic E-state index is -0.446. The largest absolute Gasteiger partial charge is 0.469 e. The normalized spacial score (nSPS) is 19.7. The van der Waals surface area contributed by atoms with Gasteiger partial charge in [-0.25, -0.2) is 0 Å². The van der Waals surface area contributed by atoms with E-state index in [0.717, 1.165) is 61.8 Å². The highest BCUT2D eigenvalue weighted by molar-refractivity contribution is 8.03. The smallest absolute Gasteiger partial charge is 0.305 e. The highest BCUT2D eigenvalue weighted by Gasteiger charge is 2.27. The third-order valence-electron chi connectivity index (χ3n) is 4.72. The van der Waals surface area contributed by atoms with E-state index in [-0.39, 0.29) is 17.7 Å². The molecule has 0 heterocycles. The third-order valence-corrected chi connectivity index (χ3v) is 5.48. The van der Waals surface area contributed by atoms with Gasteiger partial charge in [-0.2, -0.15) is 0 Å². The van der Waals surface area contributed by atoms with Gasteiger partial charge in [-0.05, 0) is 31.9 Å². The molecule has 1 aliphatic carbocycles. The second-order valence-electron chi connectivity index (χ2n) is 6.87. The zero-order chi connectivity index (χ0) is 20.1. The summed E-state index contributed by atoms with van der Waals surface area (Å²) in [4.78, 5) is 24.4. The molecule has 0 fully saturated rings. The topological polar surface area (TPSA) is 63.6 Å². The van der Waals surface area contributed by atoms with Crippen LogP contribution in [-0.4, -0.2) is 36.3 Å². The molecule has 0 spiro atoms. The SMILES string of the molecule is CCCCCC(O)/C=C/C1C=C(SC)C(=O)/C1=C\CCCCCC(=O)OC. The zero-order valence-electron chi connectivity index (χ0n) is 16.9. The molecule has 2 atom stereocenters. The van der Waals surface area contributed by atoms with Crippen LogP contribution in [0.2, 0.25) is 0 Å². The number of Topliss-reactive ketones (excluding diaryl/α,β-unsaturated/α-hetero) is 1. The van der Waals surface area contributed by atoms with E-state index in [0.29, 0.717) is 6.42 Å². The van der Waals surface area contributed by atoms with Gasteiger partial charge in [0.2, 0.25) is 0 Å². The van der Waals surface area contributed by atoms with Crippen LogP contribution < -0.4 is 0 Å². The van der Waals surface area contributed by atoms with Crippen molar-refractivity contribution in [3.05, 3.63) is 34.8 Å². The molecule has 0 aliphatic heterocycles. The molecule has 1 aliphatic rings. The highest BCUT2D eigenvalue weighted by Crippen LogP contribution is 2.33. The van der Waals surface area contributed by atoms with E-state index in [1.807, 2.05) is 30.6 Å². The molecule has 0 aromatic rings. The van der Waals surface area contributed by atoms with Crippen LogP contribution in [0.1, 0.15) is 64.7 Å². The van der Waals surface area contributed by atoms with Crippen molar-refractivity contribution in [2.75, 3.05) is 13.4 Å². The molecule has 27 heavy (non-hydrogen) atoms. The molecule has 0 amide bonds.